The molecule has 2 N–H and O–H groups in total. The second kappa shape index (κ2) is 5.68. The molecule has 2 aromatic rings. The molecule has 1 aliphatic rings. The van der Waals surface area contributed by atoms with Crippen molar-refractivity contribution in [2.45, 2.75) is 36.5 Å². The van der Waals surface area contributed by atoms with Crippen LogP contribution in [-0.4, -0.2) is 18.6 Å². The monoisotopic (exact) mass is 327 g/mol. The third kappa shape index (κ3) is 2.83. The van der Waals surface area contributed by atoms with Crippen LogP contribution in [0.3, 0.4) is 0 Å². The normalized spacial score (nSPS) is 16.1. The first-order valence-electron chi connectivity index (χ1n) is 6.99. The van der Waals surface area contributed by atoms with E-state index in [-0.39, 0.29) is 5.82 Å². The second-order valence-corrected chi connectivity index (χ2v) is 7.00. The van der Waals surface area contributed by atoms with Gasteiger partial charge in [0.15, 0.2) is 17.5 Å². The van der Waals surface area contributed by atoms with Gasteiger partial charge in [-0.15, -0.1) is 0 Å². The zero-order valence-electron chi connectivity index (χ0n) is 11.6. The summed E-state index contributed by atoms with van der Waals surface area (Å²) in [5.41, 5.74) is 0.856. The standard InChI is InChI=1S/C14H15F2N3O2S/c15-10-6-3-7-12(14(10)16)22(20,21)19-13-8-11(17-18-13)9-4-1-2-5-9/h3,6-9H,1-2,4-5H2,(H2,17,18,19). The Bertz CT molecular complexity index is 783. The van der Waals surface area contributed by atoms with E-state index in [1.807, 2.05) is 0 Å². The van der Waals surface area contributed by atoms with Crippen molar-refractivity contribution in [1.29, 1.82) is 0 Å². The van der Waals surface area contributed by atoms with Crippen LogP contribution in [-0.2, 0) is 10.0 Å². The third-order valence-electron chi connectivity index (χ3n) is 3.84. The van der Waals surface area contributed by atoms with Crippen molar-refractivity contribution >= 4 is 15.8 Å². The summed E-state index contributed by atoms with van der Waals surface area (Å²) in [4.78, 5) is -0.738. The van der Waals surface area contributed by atoms with Crippen LogP contribution >= 0.6 is 0 Å². The first kappa shape index (κ1) is 15.0. The molecule has 1 fully saturated rings. The lowest BCUT2D eigenvalue weighted by atomic mass is 10.1. The molecule has 0 radical (unpaired) electrons. The highest BCUT2D eigenvalue weighted by molar-refractivity contribution is 7.92. The molecule has 0 spiro atoms. The predicted octanol–water partition coefficient (Wildman–Crippen LogP) is 3.15. The molecule has 5 nitrogen and oxygen atoms in total. The summed E-state index contributed by atoms with van der Waals surface area (Å²) in [6.45, 7) is 0. The van der Waals surface area contributed by atoms with Crippen LogP contribution in [0.5, 0.6) is 0 Å². The summed E-state index contributed by atoms with van der Waals surface area (Å²) < 4.78 is 53.2. The Labute approximate surface area is 126 Å². The van der Waals surface area contributed by atoms with Gasteiger partial charge >= 0.3 is 0 Å². The van der Waals surface area contributed by atoms with Gasteiger partial charge in [-0.3, -0.25) is 9.82 Å². The lowest BCUT2D eigenvalue weighted by Gasteiger charge is -2.06. The van der Waals surface area contributed by atoms with Gasteiger partial charge in [-0.05, 0) is 25.0 Å². The number of nitrogens with one attached hydrogen (secondary N) is 2. The number of hydrogen-bond donors (Lipinski definition) is 2. The summed E-state index contributed by atoms with van der Waals surface area (Å²) >= 11 is 0. The van der Waals surface area contributed by atoms with E-state index in [4.69, 9.17) is 0 Å². The molecule has 0 bridgehead atoms. The maximum atomic E-state index is 13.6. The number of hydrogen-bond acceptors (Lipinski definition) is 3. The summed E-state index contributed by atoms with van der Waals surface area (Å²) in [5.74, 6) is -2.19. The Hall–Kier alpha value is -1.96. The van der Waals surface area contributed by atoms with Crippen molar-refractivity contribution < 1.29 is 17.2 Å². The largest absolute Gasteiger partial charge is 0.280 e. The molecule has 118 valence electrons. The van der Waals surface area contributed by atoms with Crippen molar-refractivity contribution in [2.75, 3.05) is 4.72 Å². The molecule has 1 heterocycles. The fourth-order valence-corrected chi connectivity index (χ4v) is 3.80. The minimum Gasteiger partial charge on any atom is -0.280 e. The van der Waals surface area contributed by atoms with Gasteiger partial charge in [-0.1, -0.05) is 18.9 Å². The Balaban J connectivity index is 1.84. The number of benzene rings is 1. The van der Waals surface area contributed by atoms with E-state index in [9.17, 15) is 17.2 Å². The van der Waals surface area contributed by atoms with E-state index < -0.39 is 26.6 Å². The smallest absolute Gasteiger partial charge is 0.266 e. The van der Waals surface area contributed by atoms with Gasteiger partial charge in [-0.25, -0.2) is 17.2 Å². The topological polar surface area (TPSA) is 74.8 Å². The Kier molecular flexibility index (Phi) is 3.86. The predicted molar refractivity (Wildman–Crippen MR) is 77.0 cm³/mol. The van der Waals surface area contributed by atoms with Crippen LogP contribution in [0.15, 0.2) is 29.2 Å². The van der Waals surface area contributed by atoms with Crippen LogP contribution in [0.25, 0.3) is 0 Å². The zero-order chi connectivity index (χ0) is 15.7. The number of H-pyrrole nitrogens is 1. The Morgan fingerprint density at radius 3 is 2.68 bits per heavy atom. The second-order valence-electron chi connectivity index (χ2n) is 5.35. The Morgan fingerprint density at radius 1 is 1.23 bits per heavy atom. The fraction of sp³-hybridized carbons (Fsp3) is 0.357. The van der Waals surface area contributed by atoms with Crippen LogP contribution in [0.2, 0.25) is 0 Å². The SMILES string of the molecule is O=S(=O)(Nc1cc(C2CCCC2)[nH]n1)c1cccc(F)c1F. The minimum absolute atomic E-state index is 0.0746. The highest BCUT2D eigenvalue weighted by Crippen LogP contribution is 2.34. The van der Waals surface area contributed by atoms with Crippen molar-refractivity contribution in [1.82, 2.24) is 10.2 Å². The molecule has 1 aliphatic carbocycles. The Morgan fingerprint density at radius 2 is 1.95 bits per heavy atom. The lowest BCUT2D eigenvalue weighted by Crippen LogP contribution is -2.15. The highest BCUT2D eigenvalue weighted by Gasteiger charge is 2.24. The van der Waals surface area contributed by atoms with E-state index in [1.165, 1.54) is 0 Å². The number of rotatable bonds is 4. The number of aromatic nitrogens is 2. The van der Waals surface area contributed by atoms with Crippen molar-refractivity contribution in [3.8, 4) is 0 Å². The van der Waals surface area contributed by atoms with Gasteiger partial charge in [0.2, 0.25) is 0 Å². The average Bonchev–Trinajstić information content (AvgIpc) is 3.11. The van der Waals surface area contributed by atoms with E-state index in [1.54, 1.807) is 6.07 Å². The minimum atomic E-state index is -4.22. The summed E-state index contributed by atoms with van der Waals surface area (Å²) in [6.07, 6.45) is 4.35. The van der Waals surface area contributed by atoms with Gasteiger partial charge in [0.1, 0.15) is 4.90 Å². The molecule has 0 amide bonds. The molecule has 0 saturated heterocycles. The molecule has 8 heteroatoms. The van der Waals surface area contributed by atoms with Crippen molar-refractivity contribution in [3.05, 3.63) is 41.6 Å². The molecule has 0 aliphatic heterocycles. The van der Waals surface area contributed by atoms with Crippen LogP contribution in [0.1, 0.15) is 37.3 Å². The van der Waals surface area contributed by atoms with Gasteiger partial charge in [-0.2, -0.15) is 5.10 Å². The quantitative estimate of drug-likeness (QED) is 0.906. The summed E-state index contributed by atoms with van der Waals surface area (Å²) in [6, 6.07) is 4.61. The van der Waals surface area contributed by atoms with Gasteiger partial charge in [0.05, 0.1) is 0 Å². The van der Waals surface area contributed by atoms with Gasteiger partial charge in [0, 0.05) is 17.7 Å². The van der Waals surface area contributed by atoms with Crippen molar-refractivity contribution in [3.63, 3.8) is 0 Å². The average molecular weight is 327 g/mol. The van der Waals surface area contributed by atoms with Gasteiger partial charge < -0.3 is 0 Å². The molecule has 3 rings (SSSR count). The maximum absolute atomic E-state index is 13.6. The lowest BCUT2D eigenvalue weighted by molar-refractivity contribution is 0.485. The van der Waals surface area contributed by atoms with Crippen molar-refractivity contribution in [2.24, 2.45) is 0 Å². The number of anilines is 1. The number of aromatic amines is 1. The molecule has 1 saturated carbocycles. The molecule has 0 unspecified atom stereocenters. The number of halogens is 2. The first-order chi connectivity index (χ1) is 10.5. The van der Waals surface area contributed by atoms with Crippen LogP contribution in [0.4, 0.5) is 14.6 Å². The fourth-order valence-electron chi connectivity index (χ4n) is 2.72. The van der Waals surface area contributed by atoms with Crippen LogP contribution < -0.4 is 4.72 Å². The third-order valence-corrected chi connectivity index (χ3v) is 5.21. The van der Waals surface area contributed by atoms with E-state index in [0.29, 0.717) is 5.92 Å². The van der Waals surface area contributed by atoms with Crippen LogP contribution in [0, 0.1) is 11.6 Å². The van der Waals surface area contributed by atoms with E-state index in [2.05, 4.69) is 14.9 Å². The summed E-state index contributed by atoms with van der Waals surface area (Å²) in [5, 5.41) is 6.70. The molecule has 22 heavy (non-hydrogen) atoms. The first-order valence-corrected chi connectivity index (χ1v) is 8.48. The zero-order valence-corrected chi connectivity index (χ0v) is 12.5. The van der Waals surface area contributed by atoms with E-state index >= 15 is 0 Å². The molecule has 1 aromatic carbocycles. The van der Waals surface area contributed by atoms with Gasteiger partial charge in [0.25, 0.3) is 10.0 Å². The highest BCUT2D eigenvalue weighted by atomic mass is 32.2. The van der Waals surface area contributed by atoms with E-state index in [0.717, 1.165) is 49.6 Å². The maximum Gasteiger partial charge on any atom is 0.266 e. The number of sulfonamides is 1. The molecular weight excluding hydrogens is 312 g/mol. The summed E-state index contributed by atoms with van der Waals surface area (Å²) in [7, 11) is -4.22. The molecule has 0 atom stereocenters. The molecular formula is C14H15F2N3O2S. The number of nitrogens with zero attached hydrogens (tertiary/aromatic N) is 1. The molecule has 1 aromatic heterocycles.